The third-order valence-electron chi connectivity index (χ3n) is 3.89. The average molecular weight is 274 g/mol. The first-order valence-electron chi connectivity index (χ1n) is 7.20. The average Bonchev–Trinajstić information content (AvgIpc) is 2.44. The van der Waals surface area contributed by atoms with Crippen LogP contribution in [0.3, 0.4) is 0 Å². The molecule has 0 radical (unpaired) electrons. The number of nitrogens with zero attached hydrogens (tertiary/aromatic N) is 1. The molecule has 4 nitrogen and oxygen atoms in total. The van der Waals surface area contributed by atoms with Crippen molar-refractivity contribution in [2.45, 2.75) is 39.3 Å². The second-order valence-electron chi connectivity index (χ2n) is 5.55. The quantitative estimate of drug-likeness (QED) is 0.914. The fourth-order valence-corrected chi connectivity index (χ4v) is 2.93. The highest BCUT2D eigenvalue weighted by Gasteiger charge is 2.39. The molecule has 0 aromatic heterocycles. The Bertz CT molecular complexity index is 485. The highest BCUT2D eigenvalue weighted by atomic mass is 16.2. The second-order valence-corrected chi connectivity index (χ2v) is 5.55. The van der Waals surface area contributed by atoms with Crippen LogP contribution in [-0.2, 0) is 9.59 Å². The minimum atomic E-state index is -0.509. The molecule has 1 saturated heterocycles. The zero-order valence-electron chi connectivity index (χ0n) is 12.3. The van der Waals surface area contributed by atoms with Gasteiger partial charge in [0.25, 0.3) is 0 Å². The Kier molecular flexibility index (Phi) is 4.42. The van der Waals surface area contributed by atoms with Gasteiger partial charge >= 0.3 is 0 Å². The smallest absolute Gasteiger partial charge is 0.247 e. The molecule has 1 aliphatic rings. The Morgan fingerprint density at radius 3 is 2.45 bits per heavy atom. The van der Waals surface area contributed by atoms with Gasteiger partial charge in [-0.05, 0) is 17.9 Å². The molecule has 1 aliphatic heterocycles. The molecule has 1 aromatic rings. The maximum absolute atomic E-state index is 12.3. The second kappa shape index (κ2) is 6.07. The Balaban J connectivity index is 2.42. The highest BCUT2D eigenvalue weighted by molar-refractivity contribution is 5.95. The molecule has 0 spiro atoms. The van der Waals surface area contributed by atoms with Gasteiger partial charge in [-0.2, -0.15) is 0 Å². The van der Waals surface area contributed by atoms with E-state index in [-0.39, 0.29) is 24.4 Å². The van der Waals surface area contributed by atoms with Gasteiger partial charge in [0, 0.05) is 6.04 Å². The van der Waals surface area contributed by atoms with Gasteiger partial charge in [-0.25, -0.2) is 0 Å². The molecule has 2 atom stereocenters. The standard InChI is InChI=1S/C16H22N2O2/c1-4-13(11(2)3)18-14(19)10-17-16(20)15(18)12-8-6-5-7-9-12/h5-9,11,13,15H,4,10H2,1-3H3,(H,17,20). The minimum Gasteiger partial charge on any atom is -0.345 e. The summed E-state index contributed by atoms with van der Waals surface area (Å²) in [6, 6.07) is 9.09. The lowest BCUT2D eigenvalue weighted by molar-refractivity contribution is -0.150. The number of carbonyl (C=O) groups excluding carboxylic acids is 2. The fourth-order valence-electron chi connectivity index (χ4n) is 2.93. The van der Waals surface area contributed by atoms with Crippen LogP contribution in [0.4, 0.5) is 0 Å². The van der Waals surface area contributed by atoms with Gasteiger partial charge in [0.05, 0.1) is 6.54 Å². The zero-order chi connectivity index (χ0) is 14.7. The van der Waals surface area contributed by atoms with Gasteiger partial charge in [0.15, 0.2) is 0 Å². The molecule has 20 heavy (non-hydrogen) atoms. The molecular weight excluding hydrogens is 252 g/mol. The SMILES string of the molecule is CCC(C(C)C)N1C(=O)CNC(=O)C1c1ccccc1. The third-order valence-corrected chi connectivity index (χ3v) is 3.89. The van der Waals surface area contributed by atoms with E-state index in [4.69, 9.17) is 0 Å². The van der Waals surface area contributed by atoms with E-state index in [1.54, 1.807) is 4.90 Å². The van der Waals surface area contributed by atoms with Crippen molar-refractivity contribution in [3.63, 3.8) is 0 Å². The van der Waals surface area contributed by atoms with Gasteiger partial charge < -0.3 is 10.2 Å². The van der Waals surface area contributed by atoms with Crippen molar-refractivity contribution in [1.82, 2.24) is 10.2 Å². The summed E-state index contributed by atoms with van der Waals surface area (Å²) in [5.41, 5.74) is 0.872. The lowest BCUT2D eigenvalue weighted by Crippen LogP contribution is -2.57. The van der Waals surface area contributed by atoms with Crippen molar-refractivity contribution >= 4 is 11.8 Å². The van der Waals surface area contributed by atoms with Crippen molar-refractivity contribution < 1.29 is 9.59 Å². The Morgan fingerprint density at radius 1 is 1.25 bits per heavy atom. The first-order chi connectivity index (χ1) is 9.56. The molecule has 1 aromatic carbocycles. The van der Waals surface area contributed by atoms with Crippen LogP contribution in [-0.4, -0.2) is 29.3 Å². The van der Waals surface area contributed by atoms with Crippen LogP contribution in [0.15, 0.2) is 30.3 Å². The largest absolute Gasteiger partial charge is 0.345 e. The maximum atomic E-state index is 12.3. The molecule has 0 aliphatic carbocycles. The predicted octanol–water partition coefficient (Wildman–Crippen LogP) is 2.12. The molecule has 1 heterocycles. The van der Waals surface area contributed by atoms with E-state index in [1.165, 1.54) is 0 Å². The van der Waals surface area contributed by atoms with Crippen LogP contribution < -0.4 is 5.32 Å². The van der Waals surface area contributed by atoms with Crippen LogP contribution in [0.2, 0.25) is 0 Å². The Labute approximate surface area is 120 Å². The van der Waals surface area contributed by atoms with Gasteiger partial charge in [-0.3, -0.25) is 9.59 Å². The van der Waals surface area contributed by atoms with E-state index < -0.39 is 6.04 Å². The zero-order valence-corrected chi connectivity index (χ0v) is 12.3. The summed E-state index contributed by atoms with van der Waals surface area (Å²) in [6.07, 6.45) is 0.847. The number of benzene rings is 1. The van der Waals surface area contributed by atoms with E-state index in [9.17, 15) is 9.59 Å². The van der Waals surface area contributed by atoms with E-state index in [0.29, 0.717) is 5.92 Å². The van der Waals surface area contributed by atoms with Crippen LogP contribution in [0.1, 0.15) is 38.8 Å². The highest BCUT2D eigenvalue weighted by Crippen LogP contribution is 2.29. The first-order valence-corrected chi connectivity index (χ1v) is 7.20. The van der Waals surface area contributed by atoms with Crippen molar-refractivity contribution in [3.8, 4) is 0 Å². The Morgan fingerprint density at radius 2 is 1.90 bits per heavy atom. The fraction of sp³-hybridized carbons (Fsp3) is 0.500. The molecular formula is C16H22N2O2. The van der Waals surface area contributed by atoms with Crippen LogP contribution >= 0.6 is 0 Å². The molecule has 2 unspecified atom stereocenters. The van der Waals surface area contributed by atoms with Crippen molar-refractivity contribution in [1.29, 1.82) is 0 Å². The summed E-state index contributed by atoms with van der Waals surface area (Å²) in [5, 5.41) is 2.70. The van der Waals surface area contributed by atoms with E-state index in [1.807, 2.05) is 30.3 Å². The molecule has 0 saturated carbocycles. The summed E-state index contributed by atoms with van der Waals surface area (Å²) in [4.78, 5) is 26.4. The number of nitrogens with one attached hydrogen (secondary N) is 1. The molecule has 0 bridgehead atoms. The summed E-state index contributed by atoms with van der Waals surface area (Å²) in [6.45, 7) is 6.35. The number of piperazine rings is 1. The van der Waals surface area contributed by atoms with Crippen LogP contribution in [0.25, 0.3) is 0 Å². The van der Waals surface area contributed by atoms with Gasteiger partial charge in [0.1, 0.15) is 6.04 Å². The molecule has 2 amide bonds. The molecule has 1 N–H and O–H groups in total. The molecule has 1 fully saturated rings. The first kappa shape index (κ1) is 14.6. The Hall–Kier alpha value is -1.84. The maximum Gasteiger partial charge on any atom is 0.247 e. The predicted molar refractivity (Wildman–Crippen MR) is 78.0 cm³/mol. The topological polar surface area (TPSA) is 49.4 Å². The van der Waals surface area contributed by atoms with Crippen LogP contribution in [0, 0.1) is 5.92 Å². The number of hydrogen-bond donors (Lipinski definition) is 1. The van der Waals surface area contributed by atoms with Gasteiger partial charge in [0.2, 0.25) is 11.8 Å². The summed E-state index contributed by atoms with van der Waals surface area (Å²) in [7, 11) is 0. The van der Waals surface area contributed by atoms with Crippen molar-refractivity contribution in [3.05, 3.63) is 35.9 Å². The minimum absolute atomic E-state index is 0.000923. The number of rotatable bonds is 4. The lowest BCUT2D eigenvalue weighted by atomic mass is 9.93. The van der Waals surface area contributed by atoms with E-state index >= 15 is 0 Å². The van der Waals surface area contributed by atoms with Gasteiger partial charge in [-0.15, -0.1) is 0 Å². The summed E-state index contributed by atoms with van der Waals surface area (Å²) in [5.74, 6) is 0.231. The molecule has 2 rings (SSSR count). The number of hydrogen-bond acceptors (Lipinski definition) is 2. The van der Waals surface area contributed by atoms with E-state index in [2.05, 4.69) is 26.1 Å². The summed E-state index contributed by atoms with van der Waals surface area (Å²) >= 11 is 0. The van der Waals surface area contributed by atoms with Crippen molar-refractivity contribution in [2.75, 3.05) is 6.54 Å². The summed E-state index contributed by atoms with van der Waals surface area (Å²) < 4.78 is 0. The molecule has 4 heteroatoms. The monoisotopic (exact) mass is 274 g/mol. The third kappa shape index (κ3) is 2.69. The molecule has 108 valence electrons. The lowest BCUT2D eigenvalue weighted by Gasteiger charge is -2.42. The number of carbonyl (C=O) groups is 2. The van der Waals surface area contributed by atoms with Crippen LogP contribution in [0.5, 0.6) is 0 Å². The van der Waals surface area contributed by atoms with E-state index in [0.717, 1.165) is 12.0 Å². The number of amides is 2. The van der Waals surface area contributed by atoms with Crippen molar-refractivity contribution in [2.24, 2.45) is 5.92 Å². The normalized spacial score (nSPS) is 21.0. The van der Waals surface area contributed by atoms with Gasteiger partial charge in [-0.1, -0.05) is 51.1 Å².